The van der Waals surface area contributed by atoms with E-state index in [1.54, 1.807) is 19.2 Å². The highest BCUT2D eigenvalue weighted by Crippen LogP contribution is 2.40. The Morgan fingerprint density at radius 2 is 2.05 bits per heavy atom. The first-order chi connectivity index (χ1) is 9.63. The van der Waals surface area contributed by atoms with Crippen LogP contribution in [0.1, 0.15) is 25.0 Å². The van der Waals surface area contributed by atoms with Gasteiger partial charge in [0.25, 0.3) is 0 Å². The van der Waals surface area contributed by atoms with Crippen LogP contribution >= 0.6 is 0 Å². The van der Waals surface area contributed by atoms with Crippen molar-refractivity contribution >= 4 is 5.88 Å². The Balaban J connectivity index is 1.95. The summed E-state index contributed by atoms with van der Waals surface area (Å²) in [6.07, 6.45) is 3.85. The molecule has 0 aliphatic heterocycles. The number of aromatic nitrogens is 1. The first kappa shape index (κ1) is 13.1. The van der Waals surface area contributed by atoms with Crippen molar-refractivity contribution in [3.05, 3.63) is 35.8 Å². The molecule has 2 N–H and O–H groups in total. The monoisotopic (exact) mass is 276 g/mol. The van der Waals surface area contributed by atoms with Gasteiger partial charge in [0, 0.05) is 13.5 Å². The van der Waals surface area contributed by atoms with E-state index in [4.69, 9.17) is 15.0 Å². The SMILES string of the molecule is COC1(Cc2noc(N)c2-c2ccc(F)cc2)CCC1. The van der Waals surface area contributed by atoms with Crippen molar-refractivity contribution in [1.29, 1.82) is 0 Å². The van der Waals surface area contributed by atoms with Crippen LogP contribution in [0.3, 0.4) is 0 Å². The summed E-state index contributed by atoms with van der Waals surface area (Å²) in [5.74, 6) is -0.0186. The fraction of sp³-hybridized carbons (Fsp3) is 0.400. The van der Waals surface area contributed by atoms with Gasteiger partial charge in [-0.15, -0.1) is 0 Å². The summed E-state index contributed by atoms with van der Waals surface area (Å²) in [5.41, 5.74) is 8.04. The number of nitrogens with zero attached hydrogens (tertiary/aromatic N) is 1. The summed E-state index contributed by atoms with van der Waals surface area (Å²) in [6, 6.07) is 6.17. The van der Waals surface area contributed by atoms with Gasteiger partial charge in [0.05, 0.1) is 16.9 Å². The minimum atomic E-state index is -0.280. The smallest absolute Gasteiger partial charge is 0.230 e. The van der Waals surface area contributed by atoms with Gasteiger partial charge >= 0.3 is 0 Å². The number of hydrogen-bond donors (Lipinski definition) is 1. The number of nitrogen functional groups attached to an aromatic ring is 1. The van der Waals surface area contributed by atoms with Crippen LogP contribution < -0.4 is 5.73 Å². The predicted octanol–water partition coefficient (Wildman–Crippen LogP) is 3.17. The summed E-state index contributed by atoms with van der Waals surface area (Å²) in [4.78, 5) is 0. The maximum Gasteiger partial charge on any atom is 0.230 e. The van der Waals surface area contributed by atoms with E-state index < -0.39 is 0 Å². The molecule has 5 heteroatoms. The number of anilines is 1. The largest absolute Gasteiger partial charge is 0.378 e. The summed E-state index contributed by atoms with van der Waals surface area (Å²) in [7, 11) is 1.72. The van der Waals surface area contributed by atoms with Crippen molar-refractivity contribution in [2.45, 2.75) is 31.3 Å². The van der Waals surface area contributed by atoms with Crippen LogP contribution in [-0.2, 0) is 11.2 Å². The molecule has 1 aromatic carbocycles. The standard InChI is InChI=1S/C15H17FN2O2/c1-19-15(7-2-8-15)9-12-13(14(17)20-18-12)10-3-5-11(16)6-4-10/h3-6H,2,7-9,17H2,1H3. The van der Waals surface area contributed by atoms with Gasteiger partial charge in [0.15, 0.2) is 0 Å². The van der Waals surface area contributed by atoms with E-state index in [2.05, 4.69) is 5.16 Å². The number of nitrogens with two attached hydrogens (primary N) is 1. The first-order valence-corrected chi connectivity index (χ1v) is 6.69. The van der Waals surface area contributed by atoms with Gasteiger partial charge in [-0.05, 0) is 37.0 Å². The Hall–Kier alpha value is -1.88. The van der Waals surface area contributed by atoms with Crippen LogP contribution in [0.15, 0.2) is 28.8 Å². The van der Waals surface area contributed by atoms with Crippen LogP contribution in [0.5, 0.6) is 0 Å². The van der Waals surface area contributed by atoms with Crippen LogP contribution in [0.4, 0.5) is 10.3 Å². The number of rotatable bonds is 4. The van der Waals surface area contributed by atoms with E-state index in [-0.39, 0.29) is 17.3 Å². The molecule has 3 rings (SSSR count). The number of halogens is 1. The molecular weight excluding hydrogens is 259 g/mol. The lowest BCUT2D eigenvalue weighted by atomic mass is 9.76. The van der Waals surface area contributed by atoms with Crippen molar-refractivity contribution in [1.82, 2.24) is 5.16 Å². The summed E-state index contributed by atoms with van der Waals surface area (Å²) >= 11 is 0. The molecule has 106 valence electrons. The molecule has 0 saturated heterocycles. The first-order valence-electron chi connectivity index (χ1n) is 6.69. The summed E-state index contributed by atoms with van der Waals surface area (Å²) in [6.45, 7) is 0. The predicted molar refractivity (Wildman–Crippen MR) is 73.6 cm³/mol. The quantitative estimate of drug-likeness (QED) is 0.931. The number of benzene rings is 1. The second kappa shape index (κ2) is 4.90. The molecule has 1 saturated carbocycles. The molecule has 0 radical (unpaired) electrons. The third kappa shape index (κ3) is 2.18. The molecule has 0 amide bonds. The molecule has 1 aliphatic carbocycles. The van der Waals surface area contributed by atoms with Gasteiger partial charge in [-0.2, -0.15) is 0 Å². The van der Waals surface area contributed by atoms with Crippen molar-refractivity contribution < 1.29 is 13.7 Å². The molecule has 2 aromatic rings. The molecule has 1 fully saturated rings. The highest BCUT2D eigenvalue weighted by molar-refractivity contribution is 5.75. The Labute approximate surface area is 116 Å². The van der Waals surface area contributed by atoms with Crippen molar-refractivity contribution in [2.24, 2.45) is 0 Å². The van der Waals surface area contributed by atoms with Crippen LogP contribution in [0.2, 0.25) is 0 Å². The molecule has 20 heavy (non-hydrogen) atoms. The molecular formula is C15H17FN2O2. The highest BCUT2D eigenvalue weighted by Gasteiger charge is 2.39. The lowest BCUT2D eigenvalue weighted by molar-refractivity contribution is -0.0717. The second-order valence-electron chi connectivity index (χ2n) is 5.29. The van der Waals surface area contributed by atoms with Gasteiger partial charge in [-0.25, -0.2) is 4.39 Å². The average Bonchev–Trinajstić information content (AvgIpc) is 2.76. The fourth-order valence-corrected chi connectivity index (χ4v) is 2.71. The molecule has 0 atom stereocenters. The number of hydrogen-bond acceptors (Lipinski definition) is 4. The van der Waals surface area contributed by atoms with E-state index in [9.17, 15) is 4.39 Å². The second-order valence-corrected chi connectivity index (χ2v) is 5.29. The summed E-state index contributed by atoms with van der Waals surface area (Å²) < 4.78 is 23.8. The Kier molecular flexibility index (Phi) is 3.22. The number of methoxy groups -OCH3 is 1. The Bertz CT molecular complexity index is 597. The lowest BCUT2D eigenvalue weighted by Gasteiger charge is -2.40. The van der Waals surface area contributed by atoms with E-state index in [0.717, 1.165) is 36.1 Å². The van der Waals surface area contributed by atoms with Crippen molar-refractivity contribution in [2.75, 3.05) is 12.8 Å². The van der Waals surface area contributed by atoms with Crippen molar-refractivity contribution in [3.63, 3.8) is 0 Å². The van der Waals surface area contributed by atoms with E-state index in [0.29, 0.717) is 6.42 Å². The van der Waals surface area contributed by atoms with Crippen LogP contribution in [0.25, 0.3) is 11.1 Å². The average molecular weight is 276 g/mol. The molecule has 1 heterocycles. The zero-order chi connectivity index (χ0) is 14.2. The van der Waals surface area contributed by atoms with Gasteiger partial charge in [-0.3, -0.25) is 0 Å². The molecule has 0 unspecified atom stereocenters. The zero-order valence-corrected chi connectivity index (χ0v) is 11.4. The van der Waals surface area contributed by atoms with Crippen molar-refractivity contribution in [3.8, 4) is 11.1 Å². The zero-order valence-electron chi connectivity index (χ0n) is 11.4. The summed E-state index contributed by atoms with van der Waals surface area (Å²) in [5, 5.41) is 4.06. The maximum absolute atomic E-state index is 13.0. The minimum absolute atomic E-state index is 0.155. The van der Waals surface area contributed by atoms with Gasteiger partial charge in [0.2, 0.25) is 5.88 Å². The number of ether oxygens (including phenoxy) is 1. The fourth-order valence-electron chi connectivity index (χ4n) is 2.71. The van der Waals surface area contributed by atoms with Crippen LogP contribution in [0, 0.1) is 5.82 Å². The topological polar surface area (TPSA) is 61.3 Å². The normalized spacial score (nSPS) is 16.9. The highest BCUT2D eigenvalue weighted by atomic mass is 19.1. The van der Waals surface area contributed by atoms with E-state index >= 15 is 0 Å². The Morgan fingerprint density at radius 1 is 1.35 bits per heavy atom. The molecule has 4 nitrogen and oxygen atoms in total. The van der Waals surface area contributed by atoms with Gasteiger partial charge < -0.3 is 15.0 Å². The molecule has 0 bridgehead atoms. The maximum atomic E-state index is 13.0. The Morgan fingerprint density at radius 3 is 2.60 bits per heavy atom. The van der Waals surface area contributed by atoms with Crippen LogP contribution in [-0.4, -0.2) is 17.9 Å². The van der Waals surface area contributed by atoms with E-state index in [1.165, 1.54) is 12.1 Å². The molecule has 0 spiro atoms. The third-order valence-electron chi connectivity index (χ3n) is 4.11. The molecule has 1 aromatic heterocycles. The van der Waals surface area contributed by atoms with Gasteiger partial charge in [0.1, 0.15) is 5.82 Å². The van der Waals surface area contributed by atoms with Gasteiger partial charge in [-0.1, -0.05) is 17.3 Å². The molecule has 1 aliphatic rings. The lowest BCUT2D eigenvalue weighted by Crippen LogP contribution is -2.41. The minimum Gasteiger partial charge on any atom is -0.378 e. The van der Waals surface area contributed by atoms with E-state index in [1.807, 2.05) is 0 Å². The third-order valence-corrected chi connectivity index (χ3v) is 4.11.